The monoisotopic (exact) mass is 459 g/mol. The van der Waals surface area contributed by atoms with E-state index in [-0.39, 0.29) is 16.4 Å². The molecule has 1 N–H and O–H groups in total. The Morgan fingerprint density at radius 1 is 1.03 bits per heavy atom. The number of ether oxygens (including phenoxy) is 1. The van der Waals surface area contributed by atoms with E-state index >= 15 is 0 Å². The minimum atomic E-state index is -4.01. The number of aryl methyl sites for hydroxylation is 2. The van der Waals surface area contributed by atoms with Crippen molar-refractivity contribution in [1.82, 2.24) is 9.97 Å². The lowest BCUT2D eigenvalue weighted by Gasteiger charge is -2.11. The number of methoxy groups -OCH3 is 1. The zero-order valence-corrected chi connectivity index (χ0v) is 19.1. The highest BCUT2D eigenvalue weighted by Crippen LogP contribution is 2.32. The van der Waals surface area contributed by atoms with Crippen LogP contribution in [-0.2, 0) is 10.1 Å². The first-order valence-corrected chi connectivity index (χ1v) is 11.5. The molecule has 33 heavy (non-hydrogen) atoms. The molecule has 0 atom stereocenters. The highest BCUT2D eigenvalue weighted by molar-refractivity contribution is 7.87. The maximum absolute atomic E-state index is 12.6. The molecule has 8 heteroatoms. The Bertz CT molecular complexity index is 1480. The zero-order valence-electron chi connectivity index (χ0n) is 18.3. The van der Waals surface area contributed by atoms with Gasteiger partial charge in [0.05, 0.1) is 23.7 Å². The van der Waals surface area contributed by atoms with E-state index in [1.54, 1.807) is 36.4 Å². The van der Waals surface area contributed by atoms with Crippen molar-refractivity contribution in [2.24, 2.45) is 0 Å². The topological polar surface area (TPSA) is 105 Å². The first-order chi connectivity index (χ1) is 15.8. The third-order valence-corrected chi connectivity index (χ3v) is 6.45. The van der Waals surface area contributed by atoms with Crippen LogP contribution in [0.2, 0.25) is 0 Å². The van der Waals surface area contributed by atoms with E-state index in [1.807, 2.05) is 26.0 Å². The molecule has 0 saturated carbocycles. The number of imidazole rings is 1. The largest absolute Gasteiger partial charge is 0.493 e. The van der Waals surface area contributed by atoms with E-state index in [0.717, 1.165) is 22.2 Å². The summed E-state index contributed by atoms with van der Waals surface area (Å²) in [6.45, 7) is 4.03. The van der Waals surface area contributed by atoms with Gasteiger partial charge in [0, 0.05) is 0 Å². The molecule has 0 aliphatic heterocycles. The number of H-pyrrole nitrogens is 1. The number of benzene rings is 3. The Labute approximate surface area is 192 Å². The van der Waals surface area contributed by atoms with Gasteiger partial charge in [0.15, 0.2) is 11.5 Å². The predicted molar refractivity (Wildman–Crippen MR) is 126 cm³/mol. The van der Waals surface area contributed by atoms with E-state index < -0.39 is 10.1 Å². The van der Waals surface area contributed by atoms with Gasteiger partial charge in [-0.05, 0) is 73.0 Å². The van der Waals surface area contributed by atoms with E-state index in [9.17, 15) is 13.7 Å². The van der Waals surface area contributed by atoms with Gasteiger partial charge in [0.25, 0.3) is 0 Å². The molecule has 0 bridgehead atoms. The summed E-state index contributed by atoms with van der Waals surface area (Å²) in [5.74, 6) is 0.714. The van der Waals surface area contributed by atoms with Gasteiger partial charge >= 0.3 is 10.1 Å². The summed E-state index contributed by atoms with van der Waals surface area (Å²) >= 11 is 0. The normalized spacial score (nSPS) is 11.9. The summed E-state index contributed by atoms with van der Waals surface area (Å²) in [6, 6.07) is 18.7. The Hall–Kier alpha value is -4.09. The Kier molecular flexibility index (Phi) is 5.90. The highest BCUT2D eigenvalue weighted by Gasteiger charge is 2.19. The number of allylic oxidation sites excluding steroid dienone is 1. The Morgan fingerprint density at radius 3 is 2.45 bits per heavy atom. The number of hydrogen-bond donors (Lipinski definition) is 1. The molecule has 0 saturated heterocycles. The van der Waals surface area contributed by atoms with Crippen LogP contribution in [0.3, 0.4) is 0 Å². The van der Waals surface area contributed by atoms with Crippen molar-refractivity contribution in [3.05, 3.63) is 83.2 Å². The third-order valence-electron chi connectivity index (χ3n) is 5.20. The second kappa shape index (κ2) is 8.81. The van der Waals surface area contributed by atoms with Gasteiger partial charge in [-0.25, -0.2) is 4.98 Å². The molecule has 4 rings (SSSR count). The Morgan fingerprint density at radius 2 is 1.76 bits per heavy atom. The van der Waals surface area contributed by atoms with Crippen LogP contribution in [0.4, 0.5) is 0 Å². The first kappa shape index (κ1) is 22.1. The van der Waals surface area contributed by atoms with Crippen molar-refractivity contribution in [2.45, 2.75) is 18.7 Å². The smallest absolute Gasteiger partial charge is 0.339 e. The lowest BCUT2D eigenvalue weighted by atomic mass is 10.1. The molecule has 3 aromatic carbocycles. The number of nitrogens with zero attached hydrogens (tertiary/aromatic N) is 2. The van der Waals surface area contributed by atoms with Crippen molar-refractivity contribution < 1.29 is 17.3 Å². The summed E-state index contributed by atoms with van der Waals surface area (Å²) in [5, 5.41) is 9.72. The fourth-order valence-corrected chi connectivity index (χ4v) is 4.27. The van der Waals surface area contributed by atoms with E-state index in [2.05, 4.69) is 16.0 Å². The van der Waals surface area contributed by atoms with Crippen molar-refractivity contribution in [1.29, 1.82) is 5.26 Å². The summed E-state index contributed by atoms with van der Waals surface area (Å²) in [4.78, 5) is 7.77. The number of nitriles is 1. The Balaban J connectivity index is 1.67. The quantitative estimate of drug-likeness (QED) is 0.321. The fraction of sp³-hybridized carbons (Fsp3) is 0.120. The molecule has 1 aromatic heterocycles. The molecule has 0 unspecified atom stereocenters. The van der Waals surface area contributed by atoms with Crippen LogP contribution in [0.5, 0.6) is 11.5 Å². The molecule has 0 amide bonds. The number of fused-ring (bicyclic) bond motifs is 1. The van der Waals surface area contributed by atoms with Gasteiger partial charge in [-0.15, -0.1) is 0 Å². The van der Waals surface area contributed by atoms with Crippen LogP contribution >= 0.6 is 0 Å². The van der Waals surface area contributed by atoms with Crippen molar-refractivity contribution in [3.63, 3.8) is 0 Å². The van der Waals surface area contributed by atoms with Gasteiger partial charge in [0.2, 0.25) is 0 Å². The minimum Gasteiger partial charge on any atom is -0.493 e. The highest BCUT2D eigenvalue weighted by atomic mass is 32.2. The molecule has 166 valence electrons. The molecule has 4 aromatic rings. The van der Waals surface area contributed by atoms with Crippen molar-refractivity contribution >= 4 is 32.8 Å². The maximum Gasteiger partial charge on any atom is 0.339 e. The molecule has 0 fully saturated rings. The lowest BCUT2D eigenvalue weighted by molar-refractivity contribution is 0.390. The molecule has 7 nitrogen and oxygen atoms in total. The second-order valence-corrected chi connectivity index (χ2v) is 9.02. The van der Waals surface area contributed by atoms with E-state index in [1.165, 1.54) is 25.3 Å². The molecule has 0 spiro atoms. The summed E-state index contributed by atoms with van der Waals surface area (Å²) < 4.78 is 35.7. The third kappa shape index (κ3) is 4.59. The van der Waals surface area contributed by atoms with Crippen LogP contribution in [-0.4, -0.2) is 25.5 Å². The number of aromatic amines is 1. The average Bonchev–Trinajstić information content (AvgIpc) is 3.21. The zero-order chi connectivity index (χ0) is 23.6. The number of nitrogens with one attached hydrogen (secondary N) is 1. The van der Waals surface area contributed by atoms with Gasteiger partial charge in [0.1, 0.15) is 16.8 Å². The van der Waals surface area contributed by atoms with Crippen LogP contribution in [0.1, 0.15) is 22.5 Å². The van der Waals surface area contributed by atoms with Crippen LogP contribution in [0.25, 0.3) is 22.7 Å². The summed E-state index contributed by atoms with van der Waals surface area (Å²) in [7, 11) is -2.60. The van der Waals surface area contributed by atoms with Crippen molar-refractivity contribution in [2.75, 3.05) is 7.11 Å². The SMILES string of the molecule is COc1cc(/C=C(/C#N)c2nc3cc(C)c(C)cc3[nH]2)ccc1OS(=O)(=O)c1ccccc1. The van der Waals surface area contributed by atoms with Crippen LogP contribution in [0.15, 0.2) is 65.6 Å². The summed E-state index contributed by atoms with van der Waals surface area (Å²) in [6.07, 6.45) is 1.65. The predicted octanol–water partition coefficient (Wildman–Crippen LogP) is 5.02. The summed E-state index contributed by atoms with van der Waals surface area (Å²) in [5.41, 5.74) is 4.83. The first-order valence-electron chi connectivity index (χ1n) is 10.1. The molecule has 0 aliphatic carbocycles. The molecule has 0 aliphatic rings. The van der Waals surface area contributed by atoms with Crippen LogP contribution < -0.4 is 8.92 Å². The average molecular weight is 460 g/mol. The maximum atomic E-state index is 12.6. The number of aromatic nitrogens is 2. The molecule has 1 heterocycles. The van der Waals surface area contributed by atoms with E-state index in [4.69, 9.17) is 8.92 Å². The number of rotatable bonds is 6. The number of hydrogen-bond acceptors (Lipinski definition) is 6. The lowest BCUT2D eigenvalue weighted by Crippen LogP contribution is -2.10. The fourth-order valence-electron chi connectivity index (χ4n) is 3.31. The van der Waals surface area contributed by atoms with Crippen LogP contribution in [0, 0.1) is 25.2 Å². The van der Waals surface area contributed by atoms with Gasteiger partial charge in [-0.1, -0.05) is 24.3 Å². The minimum absolute atomic E-state index is 0.0400. The van der Waals surface area contributed by atoms with E-state index in [0.29, 0.717) is 17.0 Å². The standard InChI is InChI=1S/C25H21N3O4S/c1-16-11-21-22(12-17(16)2)28-25(27-21)19(15-26)13-18-9-10-23(24(14-18)31-3)32-33(29,30)20-7-5-4-6-8-20/h4-14H,1-3H3,(H,27,28)/b19-13-. The van der Waals surface area contributed by atoms with Gasteiger partial charge in [-0.2, -0.15) is 13.7 Å². The van der Waals surface area contributed by atoms with Crippen molar-refractivity contribution in [3.8, 4) is 17.6 Å². The van der Waals surface area contributed by atoms with Gasteiger partial charge < -0.3 is 13.9 Å². The second-order valence-electron chi connectivity index (χ2n) is 7.47. The molecular formula is C25H21N3O4S. The van der Waals surface area contributed by atoms with Gasteiger partial charge in [-0.3, -0.25) is 0 Å². The molecule has 0 radical (unpaired) electrons. The molecular weight excluding hydrogens is 438 g/mol.